The van der Waals surface area contributed by atoms with Gasteiger partial charge >= 0.3 is 5.97 Å². The van der Waals surface area contributed by atoms with Crippen LogP contribution in [0.3, 0.4) is 0 Å². The molecule has 106 valence electrons. The van der Waals surface area contributed by atoms with Gasteiger partial charge in [0.05, 0.1) is 16.8 Å². The molecular formula is C11H11N3O4S2. The standard InChI is InChI=1S/C11H11N3O4S2/c15-10(16)11(4-5-11)6-12-20(17,18)8-3-1-2-7-9(8)14-19-13-7/h1-3,12H,4-6H2,(H,15,16). The van der Waals surface area contributed by atoms with Crippen molar-refractivity contribution in [1.82, 2.24) is 4.72 Å². The molecule has 0 saturated heterocycles. The summed E-state index contributed by atoms with van der Waals surface area (Å²) in [4.78, 5) is 11.1. The largest absolute Gasteiger partial charge is 0.481 e. The highest BCUT2D eigenvalue weighted by molar-refractivity contribution is 7.89. The van der Waals surface area contributed by atoms with Crippen LogP contribution in [0.25, 0.3) is 0 Å². The fourth-order valence-corrected chi connectivity index (χ4v) is 3.82. The molecule has 1 saturated carbocycles. The van der Waals surface area contributed by atoms with E-state index in [0.717, 1.165) is 11.4 Å². The molecule has 0 bridgehead atoms. The van der Waals surface area contributed by atoms with Gasteiger partial charge in [-0.25, -0.2) is 13.1 Å². The van der Waals surface area contributed by atoms with Crippen LogP contribution in [0.2, 0.25) is 0 Å². The lowest BCUT2D eigenvalue weighted by molar-refractivity contribution is -0.143. The first-order valence-corrected chi connectivity index (χ1v) is 8.10. The van der Waals surface area contributed by atoms with Gasteiger partial charge in [-0.2, -0.15) is 8.73 Å². The predicted octanol–water partition coefficient (Wildman–Crippen LogP) is 1.56. The van der Waals surface area contributed by atoms with E-state index in [1.165, 1.54) is 6.07 Å². The first kappa shape index (κ1) is 13.4. The Balaban J connectivity index is 1.85. The van der Waals surface area contributed by atoms with Crippen LogP contribution in [0.4, 0.5) is 11.4 Å². The van der Waals surface area contributed by atoms with Crippen LogP contribution in [0, 0.1) is 5.41 Å². The minimum absolute atomic E-state index is 0.0324. The second-order valence-corrected chi connectivity index (χ2v) is 7.06. The zero-order valence-electron chi connectivity index (χ0n) is 10.2. The quantitative estimate of drug-likeness (QED) is 0.873. The average molecular weight is 313 g/mol. The maximum Gasteiger partial charge on any atom is 0.310 e. The van der Waals surface area contributed by atoms with Crippen molar-refractivity contribution in [2.24, 2.45) is 14.1 Å². The lowest BCUT2D eigenvalue weighted by Crippen LogP contribution is -2.34. The Morgan fingerprint density at radius 2 is 2.15 bits per heavy atom. The molecule has 1 heterocycles. The highest BCUT2D eigenvalue weighted by atomic mass is 32.2. The molecule has 0 atom stereocenters. The molecule has 1 aliphatic heterocycles. The number of nitrogens with zero attached hydrogens (tertiary/aromatic N) is 2. The van der Waals surface area contributed by atoms with Gasteiger partial charge in [-0.15, -0.1) is 0 Å². The number of rotatable bonds is 5. The van der Waals surface area contributed by atoms with Crippen LogP contribution in [-0.2, 0) is 26.2 Å². The van der Waals surface area contributed by atoms with E-state index >= 15 is 0 Å². The summed E-state index contributed by atoms with van der Waals surface area (Å²) >= 11 is 0.938. The molecule has 1 aromatic rings. The van der Waals surface area contributed by atoms with E-state index < -0.39 is 21.4 Å². The van der Waals surface area contributed by atoms with E-state index in [2.05, 4.69) is 13.4 Å². The van der Waals surface area contributed by atoms with Gasteiger partial charge in [0.2, 0.25) is 10.0 Å². The van der Waals surface area contributed by atoms with Gasteiger partial charge in [-0.05, 0) is 25.0 Å². The van der Waals surface area contributed by atoms with E-state index in [1.807, 2.05) is 0 Å². The summed E-state index contributed by atoms with van der Waals surface area (Å²) in [6, 6.07) is 4.70. The molecule has 0 radical (unpaired) electrons. The zero-order chi connectivity index (χ0) is 14.4. The zero-order valence-corrected chi connectivity index (χ0v) is 11.9. The number of sulfonamides is 1. The second-order valence-electron chi connectivity index (χ2n) is 4.80. The summed E-state index contributed by atoms with van der Waals surface area (Å²) in [6.45, 7) is -0.0986. The molecule has 9 heteroatoms. The predicted molar refractivity (Wildman–Crippen MR) is 72.5 cm³/mol. The molecule has 0 unspecified atom stereocenters. The molecule has 2 N–H and O–H groups in total. The SMILES string of the molecule is O=C(O)C1(CNS(=O)(=O)c2cccc3c2N=S=N3)CC1. The summed E-state index contributed by atoms with van der Waals surface area (Å²) in [6.07, 6.45) is 0.987. The molecule has 1 fully saturated rings. The summed E-state index contributed by atoms with van der Waals surface area (Å²) in [5.74, 6) is -0.964. The maximum absolute atomic E-state index is 12.3. The smallest absolute Gasteiger partial charge is 0.310 e. The van der Waals surface area contributed by atoms with Crippen molar-refractivity contribution in [3.63, 3.8) is 0 Å². The van der Waals surface area contributed by atoms with Crippen molar-refractivity contribution < 1.29 is 18.3 Å². The van der Waals surface area contributed by atoms with Gasteiger partial charge in [0, 0.05) is 6.54 Å². The third-order valence-electron chi connectivity index (χ3n) is 3.45. The topological polar surface area (TPSA) is 108 Å². The Labute approximate surface area is 119 Å². The number of carboxylic acids is 1. The van der Waals surface area contributed by atoms with Gasteiger partial charge in [0.25, 0.3) is 0 Å². The van der Waals surface area contributed by atoms with Crippen molar-refractivity contribution in [3.8, 4) is 0 Å². The van der Waals surface area contributed by atoms with Gasteiger partial charge < -0.3 is 5.11 Å². The molecule has 1 aromatic carbocycles. The lowest BCUT2D eigenvalue weighted by atomic mass is 10.1. The molecule has 20 heavy (non-hydrogen) atoms. The third-order valence-corrected chi connectivity index (χ3v) is 5.42. The summed E-state index contributed by atoms with van der Waals surface area (Å²) in [5.41, 5.74) is -0.121. The monoisotopic (exact) mass is 313 g/mol. The molecule has 7 nitrogen and oxygen atoms in total. The molecular weight excluding hydrogens is 302 g/mol. The first-order valence-electron chi connectivity index (χ1n) is 5.89. The van der Waals surface area contributed by atoms with Crippen LogP contribution in [0.1, 0.15) is 12.8 Å². The van der Waals surface area contributed by atoms with Gasteiger partial charge in [-0.1, -0.05) is 6.07 Å². The van der Waals surface area contributed by atoms with Crippen LogP contribution in [0.5, 0.6) is 0 Å². The van der Waals surface area contributed by atoms with Crippen molar-refractivity contribution in [2.75, 3.05) is 6.54 Å². The first-order chi connectivity index (χ1) is 9.45. The van der Waals surface area contributed by atoms with Gasteiger partial charge in [0.1, 0.15) is 16.3 Å². The van der Waals surface area contributed by atoms with Crippen molar-refractivity contribution in [1.29, 1.82) is 0 Å². The minimum atomic E-state index is -3.79. The number of hydrogen-bond acceptors (Lipinski definition) is 5. The van der Waals surface area contributed by atoms with Crippen LogP contribution in [0.15, 0.2) is 31.8 Å². The normalized spacial score (nSPS) is 18.4. The van der Waals surface area contributed by atoms with Gasteiger partial charge in [0.15, 0.2) is 0 Å². The van der Waals surface area contributed by atoms with Crippen molar-refractivity contribution >= 4 is 38.7 Å². The third kappa shape index (κ3) is 2.17. The van der Waals surface area contributed by atoms with Crippen LogP contribution in [-0.4, -0.2) is 26.0 Å². The van der Waals surface area contributed by atoms with Crippen LogP contribution >= 0.6 is 0 Å². The van der Waals surface area contributed by atoms with E-state index in [0.29, 0.717) is 24.2 Å². The number of fused-ring (bicyclic) bond motifs is 1. The van der Waals surface area contributed by atoms with E-state index in [-0.39, 0.29) is 11.4 Å². The Hall–Kier alpha value is -1.58. The molecule has 3 rings (SSSR count). The Kier molecular flexibility index (Phi) is 3.00. The van der Waals surface area contributed by atoms with Crippen molar-refractivity contribution in [3.05, 3.63) is 18.2 Å². The number of carbonyl (C=O) groups is 1. The number of hydrogen-bond donors (Lipinski definition) is 2. The highest BCUT2D eigenvalue weighted by Gasteiger charge is 2.50. The average Bonchev–Trinajstić information content (AvgIpc) is 3.06. The summed E-state index contributed by atoms with van der Waals surface area (Å²) in [5, 5.41) is 9.05. The summed E-state index contributed by atoms with van der Waals surface area (Å²) in [7, 11) is -3.79. The van der Waals surface area contributed by atoms with Gasteiger partial charge in [-0.3, -0.25) is 4.79 Å². The fourth-order valence-electron chi connectivity index (χ4n) is 1.93. The van der Waals surface area contributed by atoms with Crippen LogP contribution < -0.4 is 4.72 Å². The summed E-state index contributed by atoms with van der Waals surface area (Å²) < 4.78 is 34.9. The highest BCUT2D eigenvalue weighted by Crippen LogP contribution is 2.45. The molecule has 2 aliphatic rings. The molecule has 0 amide bonds. The fraction of sp³-hybridized carbons (Fsp3) is 0.364. The van der Waals surface area contributed by atoms with E-state index in [9.17, 15) is 13.2 Å². The number of carboxylic acid groups (broad SMARTS) is 1. The Bertz CT molecular complexity index is 762. The number of nitrogens with one attached hydrogen (secondary N) is 1. The minimum Gasteiger partial charge on any atom is -0.481 e. The second kappa shape index (κ2) is 4.47. The Morgan fingerprint density at radius 3 is 2.80 bits per heavy atom. The number of benzene rings is 1. The molecule has 0 aromatic heterocycles. The van der Waals surface area contributed by atoms with E-state index in [4.69, 9.17) is 5.11 Å². The Morgan fingerprint density at radius 1 is 1.40 bits per heavy atom. The maximum atomic E-state index is 12.3. The number of aliphatic carboxylic acids is 1. The molecule has 0 spiro atoms. The lowest BCUT2D eigenvalue weighted by Gasteiger charge is -2.12. The van der Waals surface area contributed by atoms with E-state index in [1.54, 1.807) is 12.1 Å². The van der Waals surface area contributed by atoms with Crippen molar-refractivity contribution in [2.45, 2.75) is 17.7 Å². The molecule has 1 aliphatic carbocycles.